The average molecular weight is 303 g/mol. The molecule has 2 fully saturated rings. The van der Waals surface area contributed by atoms with Crippen LogP contribution in [0.25, 0.3) is 0 Å². The zero-order chi connectivity index (χ0) is 15.4. The number of rotatable bonds is 4. The maximum absolute atomic E-state index is 11.9. The first-order valence-electron chi connectivity index (χ1n) is 8.35. The fourth-order valence-electron chi connectivity index (χ4n) is 3.54. The fourth-order valence-corrected chi connectivity index (χ4v) is 3.54. The lowest BCUT2D eigenvalue weighted by Gasteiger charge is -2.17. The molecule has 1 aliphatic carbocycles. The number of nitrogens with zero attached hydrogens (tertiary/aromatic N) is 1. The predicted octanol–water partition coefficient (Wildman–Crippen LogP) is 4.10. The van der Waals surface area contributed by atoms with E-state index in [0.717, 1.165) is 5.69 Å². The van der Waals surface area contributed by atoms with E-state index in [-0.39, 0.29) is 12.2 Å². The fraction of sp³-hybridized carbons (Fsp3) is 0.611. The van der Waals surface area contributed by atoms with E-state index < -0.39 is 0 Å². The summed E-state index contributed by atoms with van der Waals surface area (Å²) in [6.45, 7) is 1.01. The molecule has 4 nitrogen and oxygen atoms in total. The van der Waals surface area contributed by atoms with Gasteiger partial charge in [-0.1, -0.05) is 37.8 Å². The quantitative estimate of drug-likeness (QED) is 0.786. The first-order chi connectivity index (χ1) is 10.8. The van der Waals surface area contributed by atoms with E-state index in [1.165, 1.54) is 44.1 Å². The topological polar surface area (TPSA) is 38.8 Å². The lowest BCUT2D eigenvalue weighted by atomic mass is 9.92. The average Bonchev–Trinajstić information content (AvgIpc) is 2.75. The normalized spacial score (nSPS) is 23.4. The summed E-state index contributed by atoms with van der Waals surface area (Å²) in [4.78, 5) is 13.6. The van der Waals surface area contributed by atoms with Crippen molar-refractivity contribution in [2.75, 3.05) is 25.2 Å². The Kier molecular flexibility index (Phi) is 4.98. The Morgan fingerprint density at radius 3 is 2.45 bits per heavy atom. The van der Waals surface area contributed by atoms with Gasteiger partial charge in [-0.2, -0.15) is 0 Å². The van der Waals surface area contributed by atoms with Crippen molar-refractivity contribution >= 4 is 11.8 Å². The highest BCUT2D eigenvalue weighted by Crippen LogP contribution is 2.33. The number of carbonyl (C=O) groups is 1. The molecular formula is C18H25NO3. The molecule has 0 N–H and O–H groups in total. The second-order valence-electron chi connectivity index (χ2n) is 6.35. The molecule has 1 heterocycles. The minimum Gasteiger partial charge on any atom is -0.441 e. The molecule has 0 aromatic heterocycles. The van der Waals surface area contributed by atoms with E-state index in [0.29, 0.717) is 19.1 Å². The molecule has 4 heteroatoms. The summed E-state index contributed by atoms with van der Waals surface area (Å²) >= 11 is 0. The van der Waals surface area contributed by atoms with Crippen LogP contribution in [0, 0.1) is 0 Å². The van der Waals surface area contributed by atoms with Gasteiger partial charge in [-0.05, 0) is 36.5 Å². The summed E-state index contributed by atoms with van der Waals surface area (Å²) in [5.74, 6) is 0.684. The Bertz CT molecular complexity index is 492. The van der Waals surface area contributed by atoms with Crippen molar-refractivity contribution < 1.29 is 14.3 Å². The van der Waals surface area contributed by atoms with Gasteiger partial charge in [0.1, 0.15) is 6.10 Å². The first kappa shape index (κ1) is 15.3. The van der Waals surface area contributed by atoms with Crippen LogP contribution < -0.4 is 4.90 Å². The zero-order valence-electron chi connectivity index (χ0n) is 13.3. The minimum atomic E-state index is -0.274. The second-order valence-corrected chi connectivity index (χ2v) is 6.35. The molecule has 120 valence electrons. The molecule has 1 saturated carbocycles. The van der Waals surface area contributed by atoms with Gasteiger partial charge < -0.3 is 9.47 Å². The lowest BCUT2D eigenvalue weighted by molar-refractivity contribution is 0.0718. The maximum atomic E-state index is 11.9. The van der Waals surface area contributed by atoms with Crippen LogP contribution in [0.3, 0.4) is 0 Å². The van der Waals surface area contributed by atoms with E-state index in [4.69, 9.17) is 9.47 Å². The highest BCUT2D eigenvalue weighted by atomic mass is 16.6. The summed E-state index contributed by atoms with van der Waals surface area (Å²) in [6.07, 6.45) is 7.56. The summed E-state index contributed by atoms with van der Waals surface area (Å²) in [5.41, 5.74) is 2.33. The highest BCUT2D eigenvalue weighted by Gasteiger charge is 2.32. The first-order valence-corrected chi connectivity index (χ1v) is 8.35. The highest BCUT2D eigenvalue weighted by molar-refractivity contribution is 5.89. The zero-order valence-corrected chi connectivity index (χ0v) is 13.3. The number of cyclic esters (lactones) is 1. The third-order valence-corrected chi connectivity index (χ3v) is 4.76. The molecule has 1 atom stereocenters. The van der Waals surface area contributed by atoms with E-state index >= 15 is 0 Å². The van der Waals surface area contributed by atoms with E-state index in [9.17, 15) is 4.79 Å². The molecule has 1 aliphatic heterocycles. The van der Waals surface area contributed by atoms with Gasteiger partial charge in [0.05, 0.1) is 13.2 Å². The monoisotopic (exact) mass is 303 g/mol. The van der Waals surface area contributed by atoms with Crippen LogP contribution in [0.15, 0.2) is 24.3 Å². The molecule has 3 rings (SSSR count). The van der Waals surface area contributed by atoms with Gasteiger partial charge in [0, 0.05) is 12.8 Å². The third-order valence-electron chi connectivity index (χ3n) is 4.76. The van der Waals surface area contributed by atoms with Crippen LogP contribution in [-0.4, -0.2) is 32.5 Å². The lowest BCUT2D eigenvalue weighted by Crippen LogP contribution is -2.25. The molecule has 1 amide bonds. The van der Waals surface area contributed by atoms with Crippen molar-refractivity contribution in [2.24, 2.45) is 0 Å². The second kappa shape index (κ2) is 7.14. The molecule has 0 spiro atoms. The van der Waals surface area contributed by atoms with Gasteiger partial charge in [0.2, 0.25) is 0 Å². The SMILES string of the molecule is COC[C@@H]1CN(c2ccc(C3CCCCCC3)cc2)C(=O)O1. The molecule has 1 saturated heterocycles. The Morgan fingerprint density at radius 1 is 1.14 bits per heavy atom. The van der Waals surface area contributed by atoms with Crippen LogP contribution in [0.2, 0.25) is 0 Å². The van der Waals surface area contributed by atoms with Gasteiger partial charge in [-0.15, -0.1) is 0 Å². The number of benzene rings is 1. The summed E-state index contributed by atoms with van der Waals surface area (Å²) in [6, 6.07) is 8.47. The van der Waals surface area contributed by atoms with Crippen molar-refractivity contribution in [1.82, 2.24) is 0 Å². The molecule has 1 aromatic rings. The number of anilines is 1. The van der Waals surface area contributed by atoms with Crippen LogP contribution in [0.1, 0.15) is 50.0 Å². The van der Waals surface area contributed by atoms with Crippen LogP contribution >= 0.6 is 0 Å². The minimum absolute atomic E-state index is 0.168. The molecule has 0 bridgehead atoms. The third kappa shape index (κ3) is 3.43. The number of methoxy groups -OCH3 is 1. The number of carbonyl (C=O) groups excluding carboxylic acids is 1. The Morgan fingerprint density at radius 2 is 1.82 bits per heavy atom. The van der Waals surface area contributed by atoms with Crippen molar-refractivity contribution in [3.63, 3.8) is 0 Å². The molecule has 22 heavy (non-hydrogen) atoms. The van der Waals surface area contributed by atoms with Gasteiger partial charge >= 0.3 is 6.09 Å². The molecule has 0 radical (unpaired) electrons. The number of amides is 1. The number of hydrogen-bond acceptors (Lipinski definition) is 3. The van der Waals surface area contributed by atoms with Crippen LogP contribution in [0.5, 0.6) is 0 Å². The Balaban J connectivity index is 1.67. The Hall–Kier alpha value is -1.55. The Labute approximate surface area is 132 Å². The maximum Gasteiger partial charge on any atom is 0.414 e. The number of hydrogen-bond donors (Lipinski definition) is 0. The molecular weight excluding hydrogens is 278 g/mol. The van der Waals surface area contributed by atoms with Crippen molar-refractivity contribution in [1.29, 1.82) is 0 Å². The smallest absolute Gasteiger partial charge is 0.414 e. The largest absolute Gasteiger partial charge is 0.441 e. The molecule has 0 unspecified atom stereocenters. The van der Waals surface area contributed by atoms with E-state index in [1.807, 2.05) is 0 Å². The summed E-state index contributed by atoms with van der Waals surface area (Å²) < 4.78 is 10.4. The van der Waals surface area contributed by atoms with Crippen molar-refractivity contribution in [3.8, 4) is 0 Å². The summed E-state index contributed by atoms with van der Waals surface area (Å²) in [5, 5.41) is 0. The van der Waals surface area contributed by atoms with Gasteiger partial charge in [-0.25, -0.2) is 4.79 Å². The number of ether oxygens (including phenoxy) is 2. The molecule has 2 aliphatic rings. The molecule has 1 aromatic carbocycles. The van der Waals surface area contributed by atoms with Gasteiger partial charge in [0.25, 0.3) is 0 Å². The van der Waals surface area contributed by atoms with E-state index in [1.54, 1.807) is 12.0 Å². The summed E-state index contributed by atoms with van der Waals surface area (Å²) in [7, 11) is 1.62. The van der Waals surface area contributed by atoms with Gasteiger partial charge in [0.15, 0.2) is 0 Å². The van der Waals surface area contributed by atoms with Crippen molar-refractivity contribution in [2.45, 2.75) is 50.5 Å². The van der Waals surface area contributed by atoms with Gasteiger partial charge in [-0.3, -0.25) is 4.90 Å². The van der Waals surface area contributed by atoms with Crippen molar-refractivity contribution in [3.05, 3.63) is 29.8 Å². The standard InChI is InChI=1S/C18H25NO3/c1-21-13-17-12-19(18(20)22-17)16-10-8-15(9-11-16)14-6-4-2-3-5-7-14/h8-11,14,17H,2-7,12-13H2,1H3/t17-/m0/s1. The van der Waals surface area contributed by atoms with Crippen LogP contribution in [-0.2, 0) is 9.47 Å². The van der Waals surface area contributed by atoms with Crippen LogP contribution in [0.4, 0.5) is 10.5 Å². The predicted molar refractivity (Wildman–Crippen MR) is 86.4 cm³/mol. The van der Waals surface area contributed by atoms with E-state index in [2.05, 4.69) is 24.3 Å².